The van der Waals surface area contributed by atoms with Crippen LogP contribution >= 0.6 is 0 Å². The molecule has 0 amide bonds. The minimum Gasteiger partial charge on any atom is -0.382 e. The van der Waals surface area contributed by atoms with E-state index in [1.807, 2.05) is 24.3 Å². The van der Waals surface area contributed by atoms with E-state index >= 15 is 0 Å². The van der Waals surface area contributed by atoms with E-state index < -0.39 is 0 Å². The lowest BCUT2D eigenvalue weighted by molar-refractivity contribution is 1.29. The molecule has 0 spiro atoms. The Kier molecular flexibility index (Phi) is 2.67. The lowest BCUT2D eigenvalue weighted by Gasteiger charge is -2.08. The maximum absolute atomic E-state index is 6.05. The van der Waals surface area contributed by atoms with Crippen LogP contribution in [-0.2, 0) is 0 Å². The molecule has 3 rings (SSSR count). The van der Waals surface area contributed by atoms with Crippen LogP contribution in [0.1, 0.15) is 11.1 Å². The molecule has 0 unspecified atom stereocenters. The number of aryl methyl sites for hydroxylation is 2. The molecule has 3 heteroatoms. The van der Waals surface area contributed by atoms with Crippen molar-refractivity contribution in [3.63, 3.8) is 0 Å². The Balaban J connectivity index is 2.26. The van der Waals surface area contributed by atoms with Gasteiger partial charge < -0.3 is 5.73 Å². The summed E-state index contributed by atoms with van der Waals surface area (Å²) in [5.74, 6) is 0.476. The second-order valence-electron chi connectivity index (χ2n) is 4.82. The standard InChI is InChI=1S/C16H15N3/c1-10-7-11(2)9-12(8-10)15-16(17)19-14-6-4-3-5-13(14)18-15/h3-9H,1-2H3,(H2,17,19). The van der Waals surface area contributed by atoms with E-state index in [1.54, 1.807) is 0 Å². The van der Waals surface area contributed by atoms with Gasteiger partial charge in [-0.1, -0.05) is 29.3 Å². The molecule has 0 saturated heterocycles. The maximum Gasteiger partial charge on any atom is 0.150 e. The number of hydrogen-bond acceptors (Lipinski definition) is 3. The van der Waals surface area contributed by atoms with Crippen LogP contribution in [0.4, 0.5) is 5.82 Å². The van der Waals surface area contributed by atoms with Crippen LogP contribution in [0, 0.1) is 13.8 Å². The second-order valence-corrected chi connectivity index (χ2v) is 4.82. The molecule has 1 heterocycles. The Morgan fingerprint density at radius 1 is 0.842 bits per heavy atom. The zero-order valence-electron chi connectivity index (χ0n) is 11.0. The average molecular weight is 249 g/mol. The number of anilines is 1. The highest BCUT2D eigenvalue weighted by Gasteiger charge is 2.09. The fraction of sp³-hybridized carbons (Fsp3) is 0.125. The van der Waals surface area contributed by atoms with Crippen molar-refractivity contribution in [2.24, 2.45) is 0 Å². The Morgan fingerprint density at radius 2 is 1.42 bits per heavy atom. The number of fused-ring (bicyclic) bond motifs is 1. The van der Waals surface area contributed by atoms with Gasteiger partial charge in [0.05, 0.1) is 11.0 Å². The van der Waals surface area contributed by atoms with Gasteiger partial charge in [0.15, 0.2) is 5.82 Å². The molecule has 0 fully saturated rings. The van der Waals surface area contributed by atoms with Crippen molar-refractivity contribution in [3.8, 4) is 11.3 Å². The monoisotopic (exact) mass is 249 g/mol. The molecule has 0 aliphatic carbocycles. The summed E-state index contributed by atoms with van der Waals surface area (Å²) in [5.41, 5.74) is 11.9. The molecular weight excluding hydrogens is 234 g/mol. The van der Waals surface area contributed by atoms with Gasteiger partial charge in [0.25, 0.3) is 0 Å². The van der Waals surface area contributed by atoms with Crippen molar-refractivity contribution >= 4 is 16.9 Å². The van der Waals surface area contributed by atoms with E-state index in [1.165, 1.54) is 11.1 Å². The first-order valence-corrected chi connectivity index (χ1v) is 6.24. The topological polar surface area (TPSA) is 51.8 Å². The van der Waals surface area contributed by atoms with Crippen LogP contribution in [0.5, 0.6) is 0 Å². The molecular formula is C16H15N3. The molecule has 94 valence electrons. The van der Waals surface area contributed by atoms with Gasteiger partial charge in [-0.2, -0.15) is 0 Å². The van der Waals surface area contributed by atoms with Crippen molar-refractivity contribution in [2.45, 2.75) is 13.8 Å². The number of aromatic nitrogens is 2. The molecule has 0 radical (unpaired) electrons. The third-order valence-electron chi connectivity index (χ3n) is 3.09. The highest BCUT2D eigenvalue weighted by atomic mass is 14.9. The minimum atomic E-state index is 0.476. The number of nitrogens with zero attached hydrogens (tertiary/aromatic N) is 2. The van der Waals surface area contributed by atoms with Crippen molar-refractivity contribution in [1.29, 1.82) is 0 Å². The molecule has 0 bridgehead atoms. The predicted octanol–water partition coefficient (Wildman–Crippen LogP) is 3.50. The summed E-state index contributed by atoms with van der Waals surface area (Å²) in [4.78, 5) is 9.07. The van der Waals surface area contributed by atoms with Crippen molar-refractivity contribution < 1.29 is 0 Å². The summed E-state index contributed by atoms with van der Waals surface area (Å²) in [6.45, 7) is 4.14. The van der Waals surface area contributed by atoms with Gasteiger partial charge in [0.2, 0.25) is 0 Å². The van der Waals surface area contributed by atoms with E-state index in [0.717, 1.165) is 22.3 Å². The summed E-state index contributed by atoms with van der Waals surface area (Å²) < 4.78 is 0. The predicted molar refractivity (Wildman–Crippen MR) is 78.9 cm³/mol. The third kappa shape index (κ3) is 2.15. The fourth-order valence-corrected chi connectivity index (χ4v) is 2.34. The number of benzene rings is 2. The first kappa shape index (κ1) is 11.7. The molecule has 1 aromatic heterocycles. The lowest BCUT2D eigenvalue weighted by Crippen LogP contribution is -1.98. The van der Waals surface area contributed by atoms with Crippen LogP contribution in [0.25, 0.3) is 22.3 Å². The van der Waals surface area contributed by atoms with Crippen LogP contribution in [-0.4, -0.2) is 9.97 Å². The van der Waals surface area contributed by atoms with E-state index in [4.69, 9.17) is 5.73 Å². The highest BCUT2D eigenvalue weighted by Crippen LogP contribution is 2.26. The quantitative estimate of drug-likeness (QED) is 0.718. The van der Waals surface area contributed by atoms with Crippen LogP contribution in [0.3, 0.4) is 0 Å². The maximum atomic E-state index is 6.05. The van der Waals surface area contributed by atoms with Crippen LogP contribution in [0.15, 0.2) is 42.5 Å². The van der Waals surface area contributed by atoms with Gasteiger partial charge in [0.1, 0.15) is 5.69 Å². The first-order valence-electron chi connectivity index (χ1n) is 6.24. The van der Waals surface area contributed by atoms with Crippen LogP contribution < -0.4 is 5.73 Å². The minimum absolute atomic E-state index is 0.476. The molecule has 3 aromatic rings. The van der Waals surface area contributed by atoms with Crippen molar-refractivity contribution in [3.05, 3.63) is 53.6 Å². The van der Waals surface area contributed by atoms with Gasteiger partial charge in [0, 0.05) is 5.56 Å². The number of hydrogen-bond donors (Lipinski definition) is 1. The molecule has 3 nitrogen and oxygen atoms in total. The Labute approximate surface area is 112 Å². The van der Waals surface area contributed by atoms with E-state index in [2.05, 4.69) is 42.0 Å². The fourth-order valence-electron chi connectivity index (χ4n) is 2.34. The number of nitrogen functional groups attached to an aromatic ring is 1. The normalized spacial score (nSPS) is 10.8. The molecule has 0 aliphatic rings. The number of rotatable bonds is 1. The van der Waals surface area contributed by atoms with Gasteiger partial charge in [-0.15, -0.1) is 0 Å². The zero-order chi connectivity index (χ0) is 13.4. The SMILES string of the molecule is Cc1cc(C)cc(-c2nc3ccccc3nc2N)c1. The van der Waals surface area contributed by atoms with E-state index in [0.29, 0.717) is 5.82 Å². The second kappa shape index (κ2) is 4.35. The van der Waals surface area contributed by atoms with Crippen LogP contribution in [0.2, 0.25) is 0 Å². The Hall–Kier alpha value is -2.42. The van der Waals surface area contributed by atoms with Crippen molar-refractivity contribution in [1.82, 2.24) is 9.97 Å². The lowest BCUT2D eigenvalue weighted by atomic mass is 10.0. The molecule has 0 atom stereocenters. The number of para-hydroxylation sites is 2. The molecule has 2 aromatic carbocycles. The summed E-state index contributed by atoms with van der Waals surface area (Å²) in [6, 6.07) is 14.1. The van der Waals surface area contributed by atoms with E-state index in [-0.39, 0.29) is 0 Å². The zero-order valence-corrected chi connectivity index (χ0v) is 11.0. The summed E-state index contributed by atoms with van der Waals surface area (Å²) >= 11 is 0. The Morgan fingerprint density at radius 3 is 2.05 bits per heavy atom. The van der Waals surface area contributed by atoms with Crippen molar-refractivity contribution in [2.75, 3.05) is 5.73 Å². The van der Waals surface area contributed by atoms with Gasteiger partial charge >= 0.3 is 0 Å². The molecule has 0 aliphatic heterocycles. The molecule has 2 N–H and O–H groups in total. The average Bonchev–Trinajstić information content (AvgIpc) is 2.36. The van der Waals surface area contributed by atoms with Gasteiger partial charge in [-0.25, -0.2) is 9.97 Å². The number of nitrogens with two attached hydrogens (primary N) is 1. The summed E-state index contributed by atoms with van der Waals surface area (Å²) in [7, 11) is 0. The van der Waals surface area contributed by atoms with E-state index in [9.17, 15) is 0 Å². The Bertz CT molecular complexity index is 743. The summed E-state index contributed by atoms with van der Waals surface area (Å²) in [5, 5.41) is 0. The van der Waals surface area contributed by atoms with Gasteiger partial charge in [-0.05, 0) is 38.1 Å². The first-order chi connectivity index (χ1) is 9.13. The third-order valence-corrected chi connectivity index (χ3v) is 3.09. The largest absolute Gasteiger partial charge is 0.382 e. The van der Waals surface area contributed by atoms with Gasteiger partial charge in [-0.3, -0.25) is 0 Å². The summed E-state index contributed by atoms with van der Waals surface area (Å²) in [6.07, 6.45) is 0. The molecule has 19 heavy (non-hydrogen) atoms. The highest BCUT2D eigenvalue weighted by molar-refractivity contribution is 5.82. The molecule has 0 saturated carbocycles. The smallest absolute Gasteiger partial charge is 0.150 e.